The molecule has 1 aromatic heterocycles. The van der Waals surface area contributed by atoms with Gasteiger partial charge in [0, 0.05) is 11.4 Å². The number of hydrogen-bond acceptors (Lipinski definition) is 2. The van der Waals surface area contributed by atoms with Crippen LogP contribution in [-0.2, 0) is 5.88 Å². The molecule has 0 aliphatic rings. The first-order valence-corrected chi connectivity index (χ1v) is 4.19. The third-order valence-corrected chi connectivity index (χ3v) is 1.96. The van der Waals surface area contributed by atoms with Crippen LogP contribution in [-0.4, -0.2) is 4.98 Å². The maximum atomic E-state index is 12.4. The maximum absolute atomic E-state index is 12.4. The Morgan fingerprint density at radius 3 is 2.62 bits per heavy atom. The lowest BCUT2D eigenvalue weighted by Crippen LogP contribution is -2.02. The van der Waals surface area contributed by atoms with E-state index in [1.807, 2.05) is 0 Å². The number of nitrogens with two attached hydrogens (primary N) is 1. The van der Waals surface area contributed by atoms with Gasteiger partial charge in [0.15, 0.2) is 0 Å². The zero-order valence-electron chi connectivity index (χ0n) is 7.02. The SMILES string of the molecule is Cc1nc(CCl)cc(N)c1C(F)F. The highest BCUT2D eigenvalue weighted by molar-refractivity contribution is 6.16. The molecular weight excluding hydrogens is 198 g/mol. The van der Waals surface area contributed by atoms with E-state index in [0.717, 1.165) is 0 Å². The van der Waals surface area contributed by atoms with Crippen molar-refractivity contribution in [3.63, 3.8) is 0 Å². The predicted octanol–water partition coefficient (Wildman–Crippen LogP) is 2.65. The summed E-state index contributed by atoms with van der Waals surface area (Å²) in [6.07, 6.45) is -2.59. The van der Waals surface area contributed by atoms with E-state index in [1.54, 1.807) is 0 Å². The van der Waals surface area contributed by atoms with Crippen molar-refractivity contribution in [3.8, 4) is 0 Å². The number of nitrogen functional groups attached to an aromatic ring is 1. The lowest BCUT2D eigenvalue weighted by Gasteiger charge is -2.08. The molecular formula is C8H9ClF2N2. The van der Waals surface area contributed by atoms with E-state index >= 15 is 0 Å². The zero-order chi connectivity index (χ0) is 10.0. The van der Waals surface area contributed by atoms with Gasteiger partial charge in [0.25, 0.3) is 6.43 Å². The molecule has 0 saturated carbocycles. The van der Waals surface area contributed by atoms with Gasteiger partial charge in [0.2, 0.25) is 0 Å². The van der Waals surface area contributed by atoms with Crippen molar-refractivity contribution in [2.45, 2.75) is 19.2 Å². The number of aryl methyl sites for hydroxylation is 1. The summed E-state index contributed by atoms with van der Waals surface area (Å²) in [5.74, 6) is 0.175. The second kappa shape index (κ2) is 3.87. The number of nitrogens with zero attached hydrogens (tertiary/aromatic N) is 1. The molecule has 0 aromatic carbocycles. The largest absolute Gasteiger partial charge is 0.398 e. The minimum absolute atomic E-state index is 0.0538. The average Bonchev–Trinajstić information content (AvgIpc) is 2.02. The van der Waals surface area contributed by atoms with Crippen LogP contribution in [0.4, 0.5) is 14.5 Å². The molecule has 1 rings (SSSR count). The van der Waals surface area contributed by atoms with Crippen LogP contribution < -0.4 is 5.73 Å². The summed E-state index contributed by atoms with van der Waals surface area (Å²) in [7, 11) is 0. The van der Waals surface area contributed by atoms with Gasteiger partial charge in [-0.05, 0) is 13.0 Å². The lowest BCUT2D eigenvalue weighted by molar-refractivity contribution is 0.151. The van der Waals surface area contributed by atoms with E-state index < -0.39 is 6.43 Å². The molecule has 13 heavy (non-hydrogen) atoms. The summed E-state index contributed by atoms with van der Waals surface area (Å²) in [6, 6.07) is 1.38. The van der Waals surface area contributed by atoms with Gasteiger partial charge in [-0.2, -0.15) is 0 Å². The maximum Gasteiger partial charge on any atom is 0.267 e. The summed E-state index contributed by atoms with van der Waals surface area (Å²) < 4.78 is 24.7. The third-order valence-electron chi connectivity index (χ3n) is 1.69. The van der Waals surface area contributed by atoms with E-state index in [9.17, 15) is 8.78 Å². The molecule has 0 bridgehead atoms. The van der Waals surface area contributed by atoms with E-state index in [-0.39, 0.29) is 22.8 Å². The van der Waals surface area contributed by atoms with Gasteiger partial charge in [-0.3, -0.25) is 4.98 Å². The third kappa shape index (κ3) is 2.06. The molecule has 1 aromatic rings. The van der Waals surface area contributed by atoms with Crippen molar-refractivity contribution in [3.05, 3.63) is 23.0 Å². The number of pyridine rings is 1. The fraction of sp³-hybridized carbons (Fsp3) is 0.375. The monoisotopic (exact) mass is 206 g/mol. The first-order valence-electron chi connectivity index (χ1n) is 3.66. The molecule has 0 saturated heterocycles. The predicted molar refractivity (Wildman–Crippen MR) is 47.9 cm³/mol. The number of aromatic nitrogens is 1. The Morgan fingerprint density at radius 1 is 1.62 bits per heavy atom. The molecule has 2 nitrogen and oxygen atoms in total. The highest BCUT2D eigenvalue weighted by Gasteiger charge is 2.16. The standard InChI is InChI=1S/C8H9ClF2N2/c1-4-7(8(10)11)6(12)2-5(3-9)13-4/h2,8H,3H2,1H3,(H2,12,13). The van der Waals surface area contributed by atoms with Crippen LogP contribution in [0.3, 0.4) is 0 Å². The van der Waals surface area contributed by atoms with E-state index in [4.69, 9.17) is 17.3 Å². The van der Waals surface area contributed by atoms with E-state index in [1.165, 1.54) is 13.0 Å². The second-order valence-electron chi connectivity index (χ2n) is 2.64. The molecule has 0 atom stereocenters. The Balaban J connectivity index is 3.23. The zero-order valence-corrected chi connectivity index (χ0v) is 7.78. The van der Waals surface area contributed by atoms with Crippen molar-refractivity contribution in [1.82, 2.24) is 4.98 Å². The van der Waals surface area contributed by atoms with Gasteiger partial charge < -0.3 is 5.73 Å². The van der Waals surface area contributed by atoms with Crippen molar-refractivity contribution in [2.75, 3.05) is 5.73 Å². The summed E-state index contributed by atoms with van der Waals surface area (Å²) in [6.45, 7) is 1.49. The Bertz CT molecular complexity index is 292. The minimum Gasteiger partial charge on any atom is -0.398 e. The van der Waals surface area contributed by atoms with Crippen LogP contribution in [0.5, 0.6) is 0 Å². The van der Waals surface area contributed by atoms with Crippen LogP contribution in [0.1, 0.15) is 23.4 Å². The summed E-state index contributed by atoms with van der Waals surface area (Å²) >= 11 is 5.50. The van der Waals surface area contributed by atoms with Gasteiger partial charge in [-0.25, -0.2) is 8.78 Å². The highest BCUT2D eigenvalue weighted by Crippen LogP contribution is 2.27. The second-order valence-corrected chi connectivity index (χ2v) is 2.90. The fourth-order valence-corrected chi connectivity index (χ4v) is 1.26. The summed E-state index contributed by atoms with van der Waals surface area (Å²) in [5, 5.41) is 0. The van der Waals surface area contributed by atoms with Crippen LogP contribution in [0.15, 0.2) is 6.07 Å². The van der Waals surface area contributed by atoms with Crippen LogP contribution in [0, 0.1) is 6.92 Å². The van der Waals surface area contributed by atoms with Crippen molar-refractivity contribution in [2.24, 2.45) is 0 Å². The first kappa shape index (κ1) is 10.2. The smallest absolute Gasteiger partial charge is 0.267 e. The molecule has 0 fully saturated rings. The number of halogens is 3. The topological polar surface area (TPSA) is 38.9 Å². The van der Waals surface area contributed by atoms with Gasteiger partial charge in [0.1, 0.15) is 0 Å². The van der Waals surface area contributed by atoms with Crippen LogP contribution in [0.2, 0.25) is 0 Å². The van der Waals surface area contributed by atoms with Crippen LogP contribution in [0.25, 0.3) is 0 Å². The number of alkyl halides is 3. The van der Waals surface area contributed by atoms with Gasteiger partial charge in [-0.15, -0.1) is 11.6 Å². The molecule has 5 heteroatoms. The van der Waals surface area contributed by atoms with E-state index in [0.29, 0.717) is 5.69 Å². The van der Waals surface area contributed by atoms with E-state index in [2.05, 4.69) is 4.98 Å². The summed E-state index contributed by atoms with van der Waals surface area (Å²) in [5.41, 5.74) is 6.03. The Hall–Kier alpha value is -0.900. The van der Waals surface area contributed by atoms with Gasteiger partial charge in [-0.1, -0.05) is 0 Å². The quantitative estimate of drug-likeness (QED) is 0.756. The molecule has 0 unspecified atom stereocenters. The lowest BCUT2D eigenvalue weighted by atomic mass is 10.1. The molecule has 0 radical (unpaired) electrons. The summed E-state index contributed by atoms with van der Waals surface area (Å²) in [4.78, 5) is 3.88. The molecule has 0 amide bonds. The molecule has 0 spiro atoms. The highest BCUT2D eigenvalue weighted by atomic mass is 35.5. The Labute approximate surface area is 79.7 Å². The van der Waals surface area contributed by atoms with Crippen molar-refractivity contribution in [1.29, 1.82) is 0 Å². The normalized spacial score (nSPS) is 10.8. The van der Waals surface area contributed by atoms with Gasteiger partial charge >= 0.3 is 0 Å². The van der Waals surface area contributed by atoms with Gasteiger partial charge in [0.05, 0.1) is 17.1 Å². The number of hydrogen-bond donors (Lipinski definition) is 1. The molecule has 0 aliphatic carbocycles. The first-order chi connectivity index (χ1) is 6.06. The number of anilines is 1. The molecule has 1 heterocycles. The van der Waals surface area contributed by atoms with Crippen molar-refractivity contribution >= 4 is 17.3 Å². The number of rotatable bonds is 2. The minimum atomic E-state index is -2.59. The molecule has 0 aliphatic heterocycles. The van der Waals surface area contributed by atoms with Crippen LogP contribution >= 0.6 is 11.6 Å². The Kier molecular flexibility index (Phi) is 3.03. The van der Waals surface area contributed by atoms with Crippen molar-refractivity contribution < 1.29 is 8.78 Å². The Morgan fingerprint density at radius 2 is 2.23 bits per heavy atom. The molecule has 2 N–H and O–H groups in total. The average molecular weight is 207 g/mol. The molecule has 72 valence electrons. The fourth-order valence-electron chi connectivity index (χ4n) is 1.13.